The molecule has 3 aliphatic heterocycles. The molecule has 0 spiro atoms. The van der Waals surface area contributed by atoms with Crippen molar-refractivity contribution in [2.45, 2.75) is 25.6 Å². The zero-order chi connectivity index (χ0) is 42.7. The van der Waals surface area contributed by atoms with Crippen LogP contribution in [0.4, 0.5) is 45.8 Å². The number of pyridine rings is 2. The molecule has 2 fully saturated rings. The second-order valence-electron chi connectivity index (χ2n) is 13.9. The van der Waals surface area contributed by atoms with Crippen LogP contribution >= 0.6 is 23.2 Å². The standard InChI is InChI=1S/C21H19Cl2FN4O3.C18H21F3N6O2/c1-10(16-14(22)2-3-15(24)17(16)23)31-19-18-12(8-27-20(19)25)13(9-30-18)11-4-6-28(7-5-11)21(26)29;19-18(20,21)13-9-15(22)23-11-12(13)14-10-16(26-1-5-28-6-2-26)25-17(24-14)27-3-7-29-8-4-27/h2-4,8-10H,5-7H2,1H3,(H2,25,27)(H2,26,29);9-11H,1-8H2,(H2,22,23)/t10-;/m1./s1. The van der Waals surface area contributed by atoms with Gasteiger partial charge in [-0.2, -0.15) is 18.2 Å². The third-order valence-corrected chi connectivity index (χ3v) is 10.8. The fourth-order valence-electron chi connectivity index (χ4n) is 6.94. The van der Waals surface area contributed by atoms with Crippen molar-refractivity contribution in [1.29, 1.82) is 0 Å². The number of ether oxygens (including phenoxy) is 3. The average molecular weight is 876 g/mol. The number of morpholine rings is 2. The average Bonchev–Trinajstić information content (AvgIpc) is 3.68. The molecule has 60 heavy (non-hydrogen) atoms. The van der Waals surface area contributed by atoms with E-state index in [-0.39, 0.29) is 38.7 Å². The van der Waals surface area contributed by atoms with Gasteiger partial charge in [-0.15, -0.1) is 0 Å². The molecule has 5 aromatic rings. The SMILES string of the molecule is C[C@@H](Oc1c(N)ncc2c(C3=CCN(C(N)=O)CC3)coc12)c1c(Cl)ccc(F)c1Cl.Nc1cc(C(F)(F)F)c(-c2cc(N3CCOCC3)nc(N3CCOCC3)n2)cn1. The zero-order valence-corrected chi connectivity index (χ0v) is 33.7. The minimum Gasteiger partial charge on any atom is -0.478 e. The summed E-state index contributed by atoms with van der Waals surface area (Å²) in [5.41, 5.74) is 18.6. The first-order valence-corrected chi connectivity index (χ1v) is 19.5. The lowest BCUT2D eigenvalue weighted by Gasteiger charge is -2.31. The van der Waals surface area contributed by atoms with Gasteiger partial charge >= 0.3 is 12.2 Å². The van der Waals surface area contributed by atoms with Crippen molar-refractivity contribution in [3.8, 4) is 17.0 Å². The molecule has 21 heteroatoms. The van der Waals surface area contributed by atoms with Gasteiger partial charge in [0.15, 0.2) is 11.4 Å². The number of alkyl halides is 3. The number of nitrogens with two attached hydrogens (primary N) is 3. The highest BCUT2D eigenvalue weighted by molar-refractivity contribution is 6.36. The predicted octanol–water partition coefficient (Wildman–Crippen LogP) is 6.98. The summed E-state index contributed by atoms with van der Waals surface area (Å²) in [7, 11) is 0. The maximum atomic E-state index is 13.9. The van der Waals surface area contributed by atoms with Gasteiger partial charge in [-0.1, -0.05) is 29.3 Å². The number of rotatable bonds is 7. The quantitative estimate of drug-likeness (QED) is 0.112. The van der Waals surface area contributed by atoms with Gasteiger partial charge in [-0.05, 0) is 37.1 Å². The van der Waals surface area contributed by atoms with E-state index in [0.717, 1.165) is 23.4 Å². The summed E-state index contributed by atoms with van der Waals surface area (Å²) < 4.78 is 77.4. The van der Waals surface area contributed by atoms with E-state index in [0.29, 0.717) is 100 Å². The number of urea groups is 1. The molecule has 15 nitrogen and oxygen atoms in total. The number of hydrogen-bond acceptors (Lipinski definition) is 13. The molecule has 0 bridgehead atoms. The van der Waals surface area contributed by atoms with E-state index in [2.05, 4.69) is 19.9 Å². The second kappa shape index (κ2) is 17.9. The number of anilines is 4. The Labute approximate surface area is 351 Å². The highest BCUT2D eigenvalue weighted by Crippen LogP contribution is 2.42. The normalized spacial score (nSPS) is 16.6. The monoisotopic (exact) mass is 874 g/mol. The van der Waals surface area contributed by atoms with Crippen LogP contribution in [0.2, 0.25) is 10.0 Å². The predicted molar refractivity (Wildman–Crippen MR) is 218 cm³/mol. The smallest absolute Gasteiger partial charge is 0.417 e. The number of primary amides is 1. The molecule has 6 N–H and O–H groups in total. The lowest BCUT2D eigenvalue weighted by atomic mass is 9.99. The Balaban J connectivity index is 0.000000182. The van der Waals surface area contributed by atoms with Crippen LogP contribution in [-0.4, -0.2) is 96.6 Å². The highest BCUT2D eigenvalue weighted by Gasteiger charge is 2.35. The van der Waals surface area contributed by atoms with Crippen molar-refractivity contribution in [1.82, 2.24) is 24.8 Å². The molecule has 0 radical (unpaired) electrons. The Morgan fingerprint density at radius 3 is 2.28 bits per heavy atom. The largest absolute Gasteiger partial charge is 0.478 e. The molecule has 3 aliphatic rings. The molecular formula is C39H40Cl2F4N10O5. The summed E-state index contributed by atoms with van der Waals surface area (Å²) in [6, 6.07) is 4.54. The van der Waals surface area contributed by atoms with E-state index in [9.17, 15) is 22.4 Å². The van der Waals surface area contributed by atoms with Crippen LogP contribution in [0.3, 0.4) is 0 Å². The van der Waals surface area contributed by atoms with Crippen molar-refractivity contribution >= 4 is 69.2 Å². The number of nitrogens with zero attached hydrogens (tertiary/aromatic N) is 7. The van der Waals surface area contributed by atoms with Crippen molar-refractivity contribution in [3.63, 3.8) is 0 Å². The number of fused-ring (bicyclic) bond motifs is 1. The molecule has 2 amide bonds. The van der Waals surface area contributed by atoms with Gasteiger partial charge in [0.25, 0.3) is 0 Å². The fraction of sp³-hybridized carbons (Fsp3) is 0.359. The number of carbonyl (C=O) groups is 1. The van der Waals surface area contributed by atoms with Crippen LogP contribution in [0.5, 0.6) is 5.75 Å². The summed E-state index contributed by atoms with van der Waals surface area (Å²) in [5, 5.41) is 0.848. The third-order valence-electron chi connectivity index (χ3n) is 10.1. The fourth-order valence-corrected chi connectivity index (χ4v) is 7.62. The minimum atomic E-state index is -4.59. The van der Waals surface area contributed by atoms with E-state index in [1.54, 1.807) is 30.4 Å². The van der Waals surface area contributed by atoms with Crippen molar-refractivity contribution in [2.24, 2.45) is 5.73 Å². The number of amides is 2. The minimum absolute atomic E-state index is 0.112. The van der Waals surface area contributed by atoms with Gasteiger partial charge in [0.1, 0.15) is 23.6 Å². The molecule has 8 rings (SSSR count). The summed E-state index contributed by atoms with van der Waals surface area (Å²) in [6.07, 6.45) is 1.54. The van der Waals surface area contributed by atoms with Gasteiger partial charge in [0, 0.05) is 79.4 Å². The Hall–Kier alpha value is -5.63. The Morgan fingerprint density at radius 1 is 0.933 bits per heavy atom. The van der Waals surface area contributed by atoms with E-state index >= 15 is 0 Å². The molecule has 0 saturated carbocycles. The molecule has 0 aliphatic carbocycles. The molecule has 0 unspecified atom stereocenters. The Kier molecular flexibility index (Phi) is 12.7. The van der Waals surface area contributed by atoms with Crippen LogP contribution in [0.15, 0.2) is 53.4 Å². The number of benzene rings is 1. The number of hydrogen-bond donors (Lipinski definition) is 3. The lowest BCUT2D eigenvalue weighted by Crippen LogP contribution is -2.39. The number of nitrogen functional groups attached to an aromatic ring is 2. The molecule has 1 aromatic carbocycles. The molecular weight excluding hydrogens is 835 g/mol. The first-order chi connectivity index (χ1) is 28.7. The van der Waals surface area contributed by atoms with Gasteiger partial charge in [-0.25, -0.2) is 24.1 Å². The summed E-state index contributed by atoms with van der Waals surface area (Å²) >= 11 is 12.3. The third kappa shape index (κ3) is 9.23. The van der Waals surface area contributed by atoms with Crippen molar-refractivity contribution in [3.05, 3.63) is 81.6 Å². The molecule has 2 saturated heterocycles. The zero-order valence-electron chi connectivity index (χ0n) is 32.1. The number of halogens is 6. The highest BCUT2D eigenvalue weighted by atomic mass is 35.5. The van der Waals surface area contributed by atoms with E-state index in [1.165, 1.54) is 12.1 Å². The van der Waals surface area contributed by atoms with Crippen LogP contribution in [0.25, 0.3) is 27.8 Å². The topological polar surface area (TPSA) is 197 Å². The molecule has 4 aromatic heterocycles. The number of aromatic nitrogens is 4. The summed E-state index contributed by atoms with van der Waals surface area (Å²) in [6.45, 7) is 7.02. The van der Waals surface area contributed by atoms with Crippen LogP contribution in [-0.2, 0) is 15.7 Å². The Bertz CT molecular complexity index is 2370. The van der Waals surface area contributed by atoms with Crippen LogP contribution in [0.1, 0.15) is 36.1 Å². The summed E-state index contributed by atoms with van der Waals surface area (Å²) in [4.78, 5) is 33.9. The molecule has 318 valence electrons. The van der Waals surface area contributed by atoms with Gasteiger partial charge in [0.05, 0.1) is 54.4 Å². The number of furan rings is 1. The number of carbonyl (C=O) groups excluding carboxylic acids is 1. The van der Waals surface area contributed by atoms with Gasteiger partial charge < -0.3 is 50.5 Å². The summed E-state index contributed by atoms with van der Waals surface area (Å²) in [5.74, 6) is 0.457. The maximum absolute atomic E-state index is 13.9. The van der Waals surface area contributed by atoms with Gasteiger partial charge in [0.2, 0.25) is 11.7 Å². The maximum Gasteiger partial charge on any atom is 0.417 e. The Morgan fingerprint density at radius 2 is 1.63 bits per heavy atom. The van der Waals surface area contributed by atoms with E-state index in [4.69, 9.17) is 59.0 Å². The lowest BCUT2D eigenvalue weighted by molar-refractivity contribution is -0.137. The second-order valence-corrected chi connectivity index (χ2v) is 14.7. The molecule has 1 atom stereocenters. The van der Waals surface area contributed by atoms with Crippen LogP contribution in [0, 0.1) is 5.82 Å². The van der Waals surface area contributed by atoms with E-state index in [1.807, 2.05) is 15.9 Å². The first kappa shape index (κ1) is 42.5. The van der Waals surface area contributed by atoms with Crippen molar-refractivity contribution < 1.29 is 41.0 Å². The molecule has 7 heterocycles. The first-order valence-electron chi connectivity index (χ1n) is 18.8. The van der Waals surface area contributed by atoms with Crippen molar-refractivity contribution in [2.75, 3.05) is 87.0 Å². The van der Waals surface area contributed by atoms with Crippen LogP contribution < -0.4 is 31.7 Å². The van der Waals surface area contributed by atoms with E-state index < -0.39 is 29.7 Å². The van der Waals surface area contributed by atoms with Gasteiger partial charge in [-0.3, -0.25) is 0 Å².